The molecule has 7 heteroatoms. The maximum atomic E-state index is 13.2. The molecule has 2 fully saturated rings. The molecule has 0 radical (unpaired) electrons. The predicted octanol–water partition coefficient (Wildman–Crippen LogP) is 4.92. The summed E-state index contributed by atoms with van der Waals surface area (Å²) in [6.45, 7) is 0.267. The van der Waals surface area contributed by atoms with Crippen molar-refractivity contribution in [1.29, 1.82) is 0 Å². The minimum atomic E-state index is -0.395. The van der Waals surface area contributed by atoms with Crippen LogP contribution in [0.4, 0.5) is 16.2 Å². The number of urea groups is 1. The van der Waals surface area contributed by atoms with Crippen molar-refractivity contribution in [2.45, 2.75) is 19.4 Å². The van der Waals surface area contributed by atoms with Crippen LogP contribution in [0.2, 0.25) is 0 Å². The summed E-state index contributed by atoms with van der Waals surface area (Å²) in [6.07, 6.45) is 6.17. The van der Waals surface area contributed by atoms with Gasteiger partial charge in [0.2, 0.25) is 11.8 Å². The lowest BCUT2D eigenvalue weighted by Gasteiger charge is -2.38. The summed E-state index contributed by atoms with van der Waals surface area (Å²) in [6, 6.07) is 19.6. The van der Waals surface area contributed by atoms with Crippen molar-refractivity contribution in [3.05, 3.63) is 95.6 Å². The molecule has 4 unspecified atom stereocenters. The fraction of sp³-hybridized carbons (Fsp3) is 0.226. The molecule has 188 valence electrons. The van der Waals surface area contributed by atoms with Crippen LogP contribution in [0.25, 0.3) is 11.1 Å². The molecule has 1 saturated heterocycles. The number of anilines is 2. The van der Waals surface area contributed by atoms with E-state index in [1.807, 2.05) is 42.5 Å². The summed E-state index contributed by atoms with van der Waals surface area (Å²) in [5.41, 5.74) is 4.98. The van der Waals surface area contributed by atoms with E-state index >= 15 is 0 Å². The molecule has 1 heterocycles. The molecular weight excluding hydrogens is 478 g/mol. The number of allylic oxidation sites excluding steroid dienone is 2. The molecule has 7 nitrogen and oxygen atoms in total. The third-order valence-electron chi connectivity index (χ3n) is 8.39. The monoisotopic (exact) mass is 503 g/mol. The lowest BCUT2D eigenvalue weighted by atomic mass is 9.63. The van der Waals surface area contributed by atoms with Crippen molar-refractivity contribution in [3.8, 4) is 11.1 Å². The van der Waals surface area contributed by atoms with Gasteiger partial charge in [0, 0.05) is 23.4 Å². The van der Waals surface area contributed by atoms with Gasteiger partial charge in [0.15, 0.2) is 5.78 Å². The van der Waals surface area contributed by atoms with Crippen LogP contribution >= 0.6 is 0 Å². The average molecular weight is 504 g/mol. The van der Waals surface area contributed by atoms with Crippen molar-refractivity contribution in [2.75, 3.05) is 10.2 Å². The Morgan fingerprint density at radius 3 is 2.05 bits per heavy atom. The Morgan fingerprint density at radius 1 is 0.763 bits per heavy atom. The number of amides is 4. The van der Waals surface area contributed by atoms with E-state index in [4.69, 9.17) is 0 Å². The zero-order chi connectivity index (χ0) is 26.0. The predicted molar refractivity (Wildman–Crippen MR) is 142 cm³/mol. The molecular formula is C31H25N3O4. The highest BCUT2D eigenvalue weighted by Gasteiger charge is 2.56. The van der Waals surface area contributed by atoms with Crippen LogP contribution in [-0.4, -0.2) is 23.6 Å². The van der Waals surface area contributed by atoms with Crippen molar-refractivity contribution in [1.82, 2.24) is 5.32 Å². The number of benzene rings is 3. The van der Waals surface area contributed by atoms with Gasteiger partial charge in [-0.2, -0.15) is 0 Å². The van der Waals surface area contributed by atoms with Crippen LogP contribution in [0.3, 0.4) is 0 Å². The average Bonchev–Trinajstić information content (AvgIpc) is 3.40. The summed E-state index contributed by atoms with van der Waals surface area (Å²) in [7, 11) is 0. The van der Waals surface area contributed by atoms with Crippen molar-refractivity contribution >= 4 is 35.0 Å². The molecule has 1 aliphatic heterocycles. The van der Waals surface area contributed by atoms with Crippen molar-refractivity contribution in [2.24, 2.45) is 23.7 Å². The second-order valence-electron chi connectivity index (χ2n) is 10.5. The lowest BCUT2D eigenvalue weighted by Crippen LogP contribution is -2.38. The van der Waals surface area contributed by atoms with Gasteiger partial charge in [0.05, 0.1) is 17.5 Å². The number of nitrogens with one attached hydrogen (secondary N) is 2. The summed E-state index contributed by atoms with van der Waals surface area (Å²) < 4.78 is 0. The number of nitrogens with zero attached hydrogens (tertiary/aromatic N) is 1. The second-order valence-corrected chi connectivity index (χ2v) is 10.5. The first-order valence-electron chi connectivity index (χ1n) is 13.0. The smallest absolute Gasteiger partial charge is 0.319 e. The van der Waals surface area contributed by atoms with Crippen molar-refractivity contribution < 1.29 is 19.2 Å². The molecule has 4 amide bonds. The van der Waals surface area contributed by atoms with Crippen LogP contribution in [0, 0.1) is 23.7 Å². The van der Waals surface area contributed by atoms with E-state index in [0.717, 1.165) is 29.5 Å². The van der Waals surface area contributed by atoms with Gasteiger partial charge in [0.25, 0.3) is 0 Å². The minimum absolute atomic E-state index is 0.0436. The minimum Gasteiger partial charge on any atom is -0.334 e. The van der Waals surface area contributed by atoms with Crippen molar-refractivity contribution in [3.63, 3.8) is 0 Å². The van der Waals surface area contributed by atoms with Gasteiger partial charge >= 0.3 is 6.03 Å². The van der Waals surface area contributed by atoms with Crippen LogP contribution < -0.4 is 15.5 Å². The van der Waals surface area contributed by atoms with Gasteiger partial charge in [-0.05, 0) is 65.6 Å². The van der Waals surface area contributed by atoms with E-state index in [2.05, 4.69) is 22.8 Å². The molecule has 2 N–H and O–H groups in total. The Bertz CT molecular complexity index is 1530. The Labute approximate surface area is 219 Å². The number of rotatable bonds is 4. The maximum absolute atomic E-state index is 13.2. The van der Waals surface area contributed by atoms with Crippen LogP contribution in [-0.2, 0) is 16.1 Å². The zero-order valence-electron chi connectivity index (χ0n) is 20.5. The van der Waals surface area contributed by atoms with Crippen LogP contribution in [0.5, 0.6) is 0 Å². The molecule has 3 aromatic carbocycles. The fourth-order valence-electron chi connectivity index (χ4n) is 6.55. The third kappa shape index (κ3) is 3.42. The van der Waals surface area contributed by atoms with Gasteiger partial charge in [-0.3, -0.25) is 19.3 Å². The van der Waals surface area contributed by atoms with E-state index < -0.39 is 6.03 Å². The highest BCUT2D eigenvalue weighted by molar-refractivity contribution is 6.23. The van der Waals surface area contributed by atoms with E-state index in [0.29, 0.717) is 22.5 Å². The largest absolute Gasteiger partial charge is 0.334 e. The Kier molecular flexibility index (Phi) is 5.08. The summed E-state index contributed by atoms with van der Waals surface area (Å²) in [5.74, 6) is -0.390. The topological polar surface area (TPSA) is 95.6 Å². The molecule has 1 saturated carbocycles. The number of carbonyl (C=O) groups is 4. The number of ketones is 1. The molecule has 5 aliphatic rings. The van der Waals surface area contributed by atoms with E-state index in [-0.39, 0.29) is 47.8 Å². The number of carbonyl (C=O) groups excluding carboxylic acids is 4. The molecule has 8 rings (SSSR count). The standard InChI is InChI=1S/C31H25N3O4/c35-28-24-4-2-1-3-22(24)23-14-11-20(15-25(23)28)33-31(38)32-16-17-5-12-21(13-6-17)34-29(36)26-18-7-8-19(10-9-18)27(26)30(34)37/h1-8,11-15,18-19,26-27H,9-10,16H2,(H2,32,33,38). The summed E-state index contributed by atoms with van der Waals surface area (Å²) in [4.78, 5) is 52.9. The summed E-state index contributed by atoms with van der Waals surface area (Å²) in [5, 5.41) is 5.61. The fourth-order valence-corrected chi connectivity index (χ4v) is 6.55. The second kappa shape index (κ2) is 8.52. The highest BCUT2D eigenvalue weighted by atomic mass is 16.2. The molecule has 38 heavy (non-hydrogen) atoms. The van der Waals surface area contributed by atoms with Crippen LogP contribution in [0.15, 0.2) is 78.9 Å². The first-order valence-corrected chi connectivity index (χ1v) is 13.0. The molecule has 3 aromatic rings. The van der Waals surface area contributed by atoms with Gasteiger partial charge < -0.3 is 10.6 Å². The quantitative estimate of drug-likeness (QED) is 0.305. The summed E-state index contributed by atoms with van der Waals surface area (Å²) >= 11 is 0. The van der Waals surface area contributed by atoms with Gasteiger partial charge in [-0.25, -0.2) is 4.79 Å². The first kappa shape index (κ1) is 22.7. The molecule has 4 atom stereocenters. The van der Waals surface area contributed by atoms with Crippen LogP contribution in [0.1, 0.15) is 34.3 Å². The number of fused-ring (bicyclic) bond motifs is 4. The van der Waals surface area contributed by atoms with E-state index in [9.17, 15) is 19.2 Å². The van der Waals surface area contributed by atoms with E-state index in [1.54, 1.807) is 24.3 Å². The Balaban J connectivity index is 0.993. The van der Waals surface area contributed by atoms with Gasteiger partial charge in [-0.1, -0.05) is 54.6 Å². The SMILES string of the molecule is O=C(NCc1ccc(N2C(=O)C3C4C=CC(CC4)C3C2=O)cc1)Nc1ccc2c(c1)C(=O)c1ccccc1-2. The zero-order valence-corrected chi connectivity index (χ0v) is 20.5. The number of hydrogen-bond donors (Lipinski definition) is 2. The first-order chi connectivity index (χ1) is 18.5. The van der Waals surface area contributed by atoms with E-state index in [1.165, 1.54) is 4.90 Å². The molecule has 4 aliphatic carbocycles. The van der Waals surface area contributed by atoms with Gasteiger partial charge in [-0.15, -0.1) is 0 Å². The maximum Gasteiger partial charge on any atom is 0.319 e. The molecule has 0 spiro atoms. The third-order valence-corrected chi connectivity index (χ3v) is 8.39. The lowest BCUT2D eigenvalue weighted by molar-refractivity contribution is -0.124. The normalized spacial score (nSPS) is 24.3. The molecule has 0 aromatic heterocycles. The number of hydrogen-bond acceptors (Lipinski definition) is 4. The Morgan fingerprint density at radius 2 is 1.39 bits per heavy atom. The molecule has 2 bridgehead atoms. The highest BCUT2D eigenvalue weighted by Crippen LogP contribution is 2.50. The number of imide groups is 1. The Hall–Kier alpha value is -4.52. The van der Waals surface area contributed by atoms with Gasteiger partial charge in [0.1, 0.15) is 0 Å².